The van der Waals surface area contributed by atoms with Gasteiger partial charge in [-0.2, -0.15) is 0 Å². The molecular weight excluding hydrogens is 366 g/mol. The van der Waals surface area contributed by atoms with Crippen molar-refractivity contribution in [1.82, 2.24) is 4.90 Å². The minimum Gasteiger partial charge on any atom is -0.347 e. The SMILES string of the molecule is CC1(C)SC(=C2CCCCC2)SC(=C2CCCCC2)N1Cc1ccccc1. The molecule has 0 radical (unpaired) electrons. The normalized spacial score (nSPS) is 23.7. The maximum Gasteiger partial charge on any atom is 0.0864 e. The van der Waals surface area contributed by atoms with Gasteiger partial charge in [0.25, 0.3) is 0 Å². The predicted molar refractivity (Wildman–Crippen MR) is 121 cm³/mol. The van der Waals surface area contributed by atoms with Gasteiger partial charge in [0.1, 0.15) is 0 Å². The summed E-state index contributed by atoms with van der Waals surface area (Å²) in [5.41, 5.74) is 4.90. The summed E-state index contributed by atoms with van der Waals surface area (Å²) in [6, 6.07) is 11.0. The third-order valence-electron chi connectivity index (χ3n) is 6.12. The van der Waals surface area contributed by atoms with Gasteiger partial charge < -0.3 is 4.90 Å². The Morgan fingerprint density at radius 3 is 2.04 bits per heavy atom. The molecule has 1 aromatic rings. The number of thioether (sulfide) groups is 2. The summed E-state index contributed by atoms with van der Waals surface area (Å²) < 4.78 is 1.64. The predicted octanol–water partition coefficient (Wildman–Crippen LogP) is 8.06. The second-order valence-electron chi connectivity index (χ2n) is 8.64. The van der Waals surface area contributed by atoms with Crippen LogP contribution in [0.5, 0.6) is 0 Å². The van der Waals surface area contributed by atoms with Gasteiger partial charge in [-0.05, 0) is 81.9 Å². The number of rotatable bonds is 2. The van der Waals surface area contributed by atoms with E-state index >= 15 is 0 Å². The number of hydrogen-bond acceptors (Lipinski definition) is 3. The largest absolute Gasteiger partial charge is 0.347 e. The van der Waals surface area contributed by atoms with Crippen LogP contribution in [0.1, 0.15) is 83.6 Å². The first-order valence-electron chi connectivity index (χ1n) is 10.8. The van der Waals surface area contributed by atoms with Crippen molar-refractivity contribution in [3.8, 4) is 0 Å². The molecule has 3 aliphatic rings. The van der Waals surface area contributed by atoms with Crippen LogP contribution < -0.4 is 0 Å². The van der Waals surface area contributed by atoms with Crippen LogP contribution in [0.25, 0.3) is 0 Å². The van der Waals surface area contributed by atoms with E-state index in [9.17, 15) is 0 Å². The van der Waals surface area contributed by atoms with E-state index < -0.39 is 0 Å². The minimum atomic E-state index is 0.112. The fraction of sp³-hybridized carbons (Fsp3) is 0.583. The summed E-state index contributed by atoms with van der Waals surface area (Å²) in [6.07, 6.45) is 13.6. The smallest absolute Gasteiger partial charge is 0.0864 e. The van der Waals surface area contributed by atoms with Crippen LogP contribution in [-0.4, -0.2) is 9.77 Å². The third kappa shape index (κ3) is 4.62. The Morgan fingerprint density at radius 1 is 0.815 bits per heavy atom. The van der Waals surface area contributed by atoms with E-state index in [-0.39, 0.29) is 4.87 Å². The highest BCUT2D eigenvalue weighted by molar-refractivity contribution is 8.25. The Kier molecular flexibility index (Phi) is 6.28. The first-order valence-corrected chi connectivity index (χ1v) is 12.4. The first-order chi connectivity index (χ1) is 13.1. The van der Waals surface area contributed by atoms with Gasteiger partial charge in [0, 0.05) is 10.8 Å². The second kappa shape index (κ2) is 8.69. The lowest BCUT2D eigenvalue weighted by atomic mass is 9.95. The van der Waals surface area contributed by atoms with Gasteiger partial charge in [0.15, 0.2) is 0 Å². The maximum atomic E-state index is 2.71. The molecule has 3 heteroatoms. The Hall–Kier alpha value is -0.800. The van der Waals surface area contributed by atoms with Gasteiger partial charge in [-0.25, -0.2) is 0 Å². The molecule has 0 amide bonds. The molecule has 3 fully saturated rings. The lowest BCUT2D eigenvalue weighted by molar-refractivity contribution is 0.258. The molecule has 146 valence electrons. The summed E-state index contributed by atoms with van der Waals surface area (Å²) in [4.78, 5) is 2.83. The van der Waals surface area contributed by atoms with E-state index in [1.165, 1.54) is 69.8 Å². The number of nitrogens with zero attached hydrogens (tertiary/aromatic N) is 1. The average Bonchev–Trinajstić information content (AvgIpc) is 2.71. The molecule has 2 aliphatic carbocycles. The van der Waals surface area contributed by atoms with Crippen molar-refractivity contribution >= 4 is 23.5 Å². The van der Waals surface area contributed by atoms with E-state index in [1.54, 1.807) is 20.4 Å². The summed E-state index contributed by atoms with van der Waals surface area (Å²) in [7, 11) is 0. The van der Waals surface area contributed by atoms with E-state index in [1.807, 2.05) is 0 Å². The highest BCUT2D eigenvalue weighted by atomic mass is 32.2. The molecule has 1 aliphatic heterocycles. The van der Waals surface area contributed by atoms with Crippen molar-refractivity contribution in [2.24, 2.45) is 0 Å². The van der Waals surface area contributed by atoms with Crippen LogP contribution in [0.2, 0.25) is 0 Å². The molecule has 27 heavy (non-hydrogen) atoms. The van der Waals surface area contributed by atoms with Crippen molar-refractivity contribution in [2.75, 3.05) is 0 Å². The van der Waals surface area contributed by atoms with E-state index in [4.69, 9.17) is 0 Å². The zero-order valence-corrected chi connectivity index (χ0v) is 18.6. The van der Waals surface area contributed by atoms with Crippen molar-refractivity contribution in [2.45, 2.75) is 89.5 Å². The fourth-order valence-corrected chi connectivity index (χ4v) is 7.92. The lowest BCUT2D eigenvalue weighted by Crippen LogP contribution is -2.42. The molecule has 1 aromatic carbocycles. The molecule has 1 nitrogen and oxygen atoms in total. The lowest BCUT2D eigenvalue weighted by Gasteiger charge is -2.47. The highest BCUT2D eigenvalue weighted by Gasteiger charge is 2.38. The summed E-state index contributed by atoms with van der Waals surface area (Å²) in [6.45, 7) is 5.90. The van der Waals surface area contributed by atoms with Crippen molar-refractivity contribution in [3.63, 3.8) is 0 Å². The highest BCUT2D eigenvalue weighted by Crippen LogP contribution is 2.56. The Bertz CT molecular complexity index is 701. The maximum absolute atomic E-state index is 2.71. The van der Waals surface area contributed by atoms with E-state index in [2.05, 4.69) is 72.6 Å². The molecule has 4 rings (SSSR count). The number of hydrogen-bond donors (Lipinski definition) is 0. The van der Waals surface area contributed by atoms with Gasteiger partial charge in [0.05, 0.1) is 9.90 Å². The zero-order chi connectivity index (χ0) is 18.7. The molecule has 0 atom stereocenters. The third-order valence-corrected chi connectivity index (χ3v) is 8.99. The molecule has 0 unspecified atom stereocenters. The first kappa shape index (κ1) is 19.5. The molecule has 0 aromatic heterocycles. The van der Waals surface area contributed by atoms with Crippen LogP contribution in [0, 0.1) is 0 Å². The Labute approximate surface area is 174 Å². The van der Waals surface area contributed by atoms with E-state index in [0.717, 1.165) is 6.54 Å². The zero-order valence-electron chi connectivity index (χ0n) is 16.9. The summed E-state index contributed by atoms with van der Waals surface area (Å²) in [5, 5.41) is 1.59. The standard InChI is InChI=1S/C24H33NS2/c1-24(2)25(18-19-12-6-3-7-13-19)22(20-14-8-4-9-15-20)26-23(27-24)21-16-10-5-11-17-21/h3,6-7,12-13H,4-5,8-11,14-18H2,1-2H3. The van der Waals surface area contributed by atoms with Gasteiger partial charge in [-0.15, -0.1) is 0 Å². The minimum absolute atomic E-state index is 0.112. The van der Waals surface area contributed by atoms with Crippen molar-refractivity contribution in [3.05, 3.63) is 56.3 Å². The topological polar surface area (TPSA) is 3.24 Å². The summed E-state index contributed by atoms with van der Waals surface area (Å²) in [5.74, 6) is 0. The van der Waals surface area contributed by atoms with Gasteiger partial charge in [-0.1, -0.05) is 66.7 Å². The van der Waals surface area contributed by atoms with E-state index in [0.29, 0.717) is 0 Å². The monoisotopic (exact) mass is 399 g/mol. The van der Waals surface area contributed by atoms with Crippen LogP contribution in [0.4, 0.5) is 0 Å². The number of allylic oxidation sites excluding steroid dienone is 2. The molecule has 0 N–H and O–H groups in total. The van der Waals surface area contributed by atoms with Gasteiger partial charge >= 0.3 is 0 Å². The molecule has 1 heterocycles. The molecule has 0 bridgehead atoms. The van der Waals surface area contributed by atoms with Crippen LogP contribution in [0.15, 0.2) is 50.7 Å². The van der Waals surface area contributed by atoms with Crippen molar-refractivity contribution < 1.29 is 0 Å². The fourth-order valence-electron chi connectivity index (χ4n) is 4.50. The molecule has 1 saturated heterocycles. The van der Waals surface area contributed by atoms with Crippen LogP contribution >= 0.6 is 23.5 Å². The van der Waals surface area contributed by atoms with Gasteiger partial charge in [-0.3, -0.25) is 0 Å². The quantitative estimate of drug-likeness (QED) is 0.495. The van der Waals surface area contributed by atoms with Gasteiger partial charge in [0.2, 0.25) is 0 Å². The second-order valence-corrected chi connectivity index (χ2v) is 11.5. The van der Waals surface area contributed by atoms with Crippen LogP contribution in [0.3, 0.4) is 0 Å². The molecule has 2 saturated carbocycles. The average molecular weight is 400 g/mol. The van der Waals surface area contributed by atoms with Crippen LogP contribution in [-0.2, 0) is 6.54 Å². The number of benzene rings is 1. The Morgan fingerprint density at radius 2 is 1.41 bits per heavy atom. The summed E-state index contributed by atoms with van der Waals surface area (Å²) >= 11 is 4.25. The van der Waals surface area contributed by atoms with Crippen molar-refractivity contribution in [1.29, 1.82) is 0 Å². The Balaban J connectivity index is 1.70. The molecular formula is C24H33NS2. The molecule has 0 spiro atoms.